The van der Waals surface area contributed by atoms with Crippen LogP contribution in [0.1, 0.15) is 5.56 Å². The molecule has 0 aliphatic heterocycles. The number of aryl methyl sites for hydroxylation is 2. The number of nitrogens with zero attached hydrogens (tertiary/aromatic N) is 7. The normalized spacial score (nSPS) is 11.6. The van der Waals surface area contributed by atoms with Crippen LogP contribution in [0.25, 0.3) is 21.4 Å². The minimum Gasteiger partial charge on any atom is -0.494 e. The van der Waals surface area contributed by atoms with Crippen LogP contribution < -0.4 is 20.9 Å². The third-order valence-corrected chi connectivity index (χ3v) is 6.95. The fraction of sp³-hybridized carbons (Fsp3) is 0.409. The van der Waals surface area contributed by atoms with E-state index in [1.165, 1.54) is 33.8 Å². The van der Waals surface area contributed by atoms with E-state index in [9.17, 15) is 14.4 Å². The van der Waals surface area contributed by atoms with Crippen LogP contribution in [0.2, 0.25) is 0 Å². The van der Waals surface area contributed by atoms with Crippen LogP contribution in [0.15, 0.2) is 28.0 Å². The van der Waals surface area contributed by atoms with E-state index in [0.29, 0.717) is 29.5 Å². The van der Waals surface area contributed by atoms with Crippen molar-refractivity contribution in [3.63, 3.8) is 0 Å². The summed E-state index contributed by atoms with van der Waals surface area (Å²) < 4.78 is 10.2. The zero-order valence-corrected chi connectivity index (χ0v) is 20.8. The van der Waals surface area contributed by atoms with Gasteiger partial charge in [0.2, 0.25) is 5.91 Å². The van der Waals surface area contributed by atoms with E-state index in [1.807, 2.05) is 38.1 Å². The molecule has 1 aromatic carbocycles. The average Bonchev–Trinajstić information content (AvgIpc) is 3.42. The topological polar surface area (TPSA) is 107 Å². The zero-order chi connectivity index (χ0) is 24.7. The Hall–Kier alpha value is -3.51. The van der Waals surface area contributed by atoms with Crippen LogP contribution >= 0.6 is 11.3 Å². The number of hydrogen-bond donors (Lipinski definition) is 0. The lowest BCUT2D eigenvalue weighted by molar-refractivity contribution is -0.119. The molecule has 11 nitrogen and oxygen atoms in total. The van der Waals surface area contributed by atoms with Gasteiger partial charge in [0, 0.05) is 27.2 Å². The third-order valence-electron chi connectivity index (χ3n) is 5.74. The van der Waals surface area contributed by atoms with Crippen LogP contribution in [0.3, 0.4) is 0 Å². The van der Waals surface area contributed by atoms with Crippen LogP contribution in [-0.4, -0.2) is 68.8 Å². The molecule has 0 saturated heterocycles. The van der Waals surface area contributed by atoms with Crippen molar-refractivity contribution in [2.45, 2.75) is 13.5 Å². The van der Waals surface area contributed by atoms with Gasteiger partial charge in [-0.3, -0.25) is 23.6 Å². The van der Waals surface area contributed by atoms with E-state index < -0.39 is 11.2 Å². The van der Waals surface area contributed by atoms with E-state index in [2.05, 4.69) is 4.98 Å². The Balaban J connectivity index is 1.77. The number of benzene rings is 1. The van der Waals surface area contributed by atoms with Crippen molar-refractivity contribution >= 4 is 43.8 Å². The van der Waals surface area contributed by atoms with E-state index in [1.54, 1.807) is 19.1 Å². The summed E-state index contributed by atoms with van der Waals surface area (Å²) in [6.45, 7) is 2.91. The number of hydrogen-bond acceptors (Lipinski definition) is 8. The Morgan fingerprint density at radius 3 is 2.56 bits per heavy atom. The van der Waals surface area contributed by atoms with E-state index in [-0.39, 0.29) is 23.6 Å². The van der Waals surface area contributed by atoms with Gasteiger partial charge >= 0.3 is 5.69 Å². The summed E-state index contributed by atoms with van der Waals surface area (Å²) >= 11 is 1.43. The van der Waals surface area contributed by atoms with Gasteiger partial charge in [0.15, 0.2) is 16.3 Å². The lowest BCUT2D eigenvalue weighted by Crippen LogP contribution is -2.40. The molecular weight excluding hydrogens is 458 g/mol. The van der Waals surface area contributed by atoms with Crippen molar-refractivity contribution in [1.82, 2.24) is 28.6 Å². The maximum Gasteiger partial charge on any atom is 0.332 e. The molecule has 0 bridgehead atoms. The van der Waals surface area contributed by atoms with Crippen molar-refractivity contribution in [2.24, 2.45) is 14.1 Å². The van der Waals surface area contributed by atoms with E-state index in [4.69, 9.17) is 9.72 Å². The lowest BCUT2D eigenvalue weighted by atomic mass is 10.2. The van der Waals surface area contributed by atoms with E-state index >= 15 is 0 Å². The number of imidazole rings is 1. The number of carbonyl (C=O) groups excluding carboxylic acids is 1. The molecule has 0 aliphatic rings. The van der Waals surface area contributed by atoms with Crippen molar-refractivity contribution in [2.75, 3.05) is 39.2 Å². The fourth-order valence-electron chi connectivity index (χ4n) is 3.75. The summed E-state index contributed by atoms with van der Waals surface area (Å²) in [6.07, 6.45) is 1.42. The minimum absolute atomic E-state index is 0.122. The number of likely N-dealkylation sites (N-methyl/N-ethyl adjacent to an activating group) is 1. The van der Waals surface area contributed by atoms with Crippen LogP contribution in [0.5, 0.6) is 5.75 Å². The monoisotopic (exact) mass is 485 g/mol. The highest BCUT2D eigenvalue weighted by molar-refractivity contribution is 7.22. The second kappa shape index (κ2) is 9.03. The highest BCUT2D eigenvalue weighted by Crippen LogP contribution is 2.36. The lowest BCUT2D eigenvalue weighted by Gasteiger charge is -2.22. The molecule has 4 rings (SSSR count). The molecule has 0 N–H and O–H groups in total. The van der Waals surface area contributed by atoms with Crippen LogP contribution in [0, 0.1) is 6.92 Å². The number of rotatable bonds is 7. The molecule has 0 aliphatic carbocycles. The van der Waals surface area contributed by atoms with Crippen molar-refractivity contribution in [3.05, 3.63) is 44.9 Å². The largest absolute Gasteiger partial charge is 0.494 e. The quantitative estimate of drug-likeness (QED) is 0.384. The average molecular weight is 486 g/mol. The molecule has 12 heteroatoms. The number of methoxy groups -OCH3 is 1. The number of aromatic nitrogens is 5. The molecule has 0 unspecified atom stereocenters. The van der Waals surface area contributed by atoms with Crippen molar-refractivity contribution in [1.29, 1.82) is 0 Å². The van der Waals surface area contributed by atoms with Crippen LogP contribution in [-0.2, 0) is 25.4 Å². The van der Waals surface area contributed by atoms with Gasteiger partial charge in [-0.05, 0) is 32.6 Å². The molecule has 0 fully saturated rings. The van der Waals surface area contributed by atoms with Gasteiger partial charge in [-0.1, -0.05) is 17.4 Å². The SMILES string of the molecule is COc1ccc(C)c2sc(N(CCN(C)C)C(=O)Cn3cnc4c3c(=O)n(C)c(=O)n4C)nc12. The number of fused-ring (bicyclic) bond motifs is 2. The van der Waals surface area contributed by atoms with Gasteiger partial charge in [0.25, 0.3) is 5.56 Å². The predicted octanol–water partition coefficient (Wildman–Crippen LogP) is 0.955. The van der Waals surface area contributed by atoms with Gasteiger partial charge in [-0.25, -0.2) is 14.8 Å². The second-order valence-electron chi connectivity index (χ2n) is 8.36. The van der Waals surface area contributed by atoms with Gasteiger partial charge in [-0.15, -0.1) is 0 Å². The molecule has 0 atom stereocenters. The highest BCUT2D eigenvalue weighted by atomic mass is 32.1. The van der Waals surface area contributed by atoms with Crippen molar-refractivity contribution < 1.29 is 9.53 Å². The maximum absolute atomic E-state index is 13.5. The summed E-state index contributed by atoms with van der Waals surface area (Å²) in [4.78, 5) is 51.1. The molecule has 34 heavy (non-hydrogen) atoms. The van der Waals surface area contributed by atoms with E-state index in [0.717, 1.165) is 14.8 Å². The molecule has 0 radical (unpaired) electrons. The predicted molar refractivity (Wildman–Crippen MR) is 132 cm³/mol. The molecular formula is C22H27N7O4S. The first kappa shape index (κ1) is 23.6. The first-order valence-electron chi connectivity index (χ1n) is 10.6. The first-order chi connectivity index (χ1) is 16.1. The summed E-state index contributed by atoms with van der Waals surface area (Å²) in [7, 11) is 8.41. The Morgan fingerprint density at radius 2 is 1.88 bits per heavy atom. The molecule has 1 amide bonds. The van der Waals surface area contributed by atoms with Crippen molar-refractivity contribution in [3.8, 4) is 5.75 Å². The molecule has 4 aromatic rings. The number of anilines is 1. The second-order valence-corrected chi connectivity index (χ2v) is 9.34. The Labute approximate surface area is 199 Å². The Bertz CT molecular complexity index is 1510. The standard InChI is InChI=1S/C22H27N7O4S/c1-13-7-8-14(33-6)16-18(13)34-21(24-16)29(10-9-25(2)3)15(30)11-28-12-23-19-17(28)20(31)27(5)22(32)26(19)4/h7-8,12H,9-11H2,1-6H3. The molecule has 180 valence electrons. The number of amides is 1. The number of carbonyl (C=O) groups is 1. The summed E-state index contributed by atoms with van der Waals surface area (Å²) in [5.74, 6) is 0.404. The summed E-state index contributed by atoms with van der Waals surface area (Å²) in [5.41, 5.74) is 1.23. The smallest absolute Gasteiger partial charge is 0.332 e. The number of ether oxygens (including phenoxy) is 1. The van der Waals surface area contributed by atoms with Crippen LogP contribution in [0.4, 0.5) is 5.13 Å². The molecule has 3 aromatic heterocycles. The Morgan fingerprint density at radius 1 is 1.15 bits per heavy atom. The Kier molecular flexibility index (Phi) is 6.28. The minimum atomic E-state index is -0.497. The summed E-state index contributed by atoms with van der Waals surface area (Å²) in [6, 6.07) is 3.83. The fourth-order valence-corrected chi connectivity index (χ4v) is 4.85. The van der Waals surface area contributed by atoms with Gasteiger partial charge in [0.05, 0.1) is 18.1 Å². The van der Waals surface area contributed by atoms with Gasteiger partial charge in [-0.2, -0.15) is 0 Å². The molecule has 0 spiro atoms. The van der Waals surface area contributed by atoms with Gasteiger partial charge < -0.3 is 14.2 Å². The van der Waals surface area contributed by atoms with Gasteiger partial charge in [0.1, 0.15) is 17.8 Å². The first-order valence-corrected chi connectivity index (χ1v) is 11.5. The summed E-state index contributed by atoms with van der Waals surface area (Å²) in [5, 5.41) is 0.555. The molecule has 0 saturated carbocycles. The highest BCUT2D eigenvalue weighted by Gasteiger charge is 2.24. The maximum atomic E-state index is 13.5. The molecule has 3 heterocycles. The zero-order valence-electron chi connectivity index (χ0n) is 20.0. The third kappa shape index (κ3) is 3.99. The number of thiazole rings is 1.